The molecule has 0 radical (unpaired) electrons. The summed E-state index contributed by atoms with van der Waals surface area (Å²) in [5.74, 6) is 0.180. The van der Waals surface area contributed by atoms with Crippen LogP contribution in [0.1, 0.15) is 12.0 Å². The maximum atomic E-state index is 12.2. The number of hydrogen-bond donors (Lipinski definition) is 1. The molecule has 0 aliphatic carbocycles. The largest absolute Gasteiger partial charge is 0.311 e. The number of carbonyl (C=O) groups excluding carboxylic acids is 1. The van der Waals surface area contributed by atoms with Gasteiger partial charge in [0, 0.05) is 49.3 Å². The van der Waals surface area contributed by atoms with Gasteiger partial charge in [-0.25, -0.2) is 4.98 Å². The first-order valence-electron chi connectivity index (χ1n) is 8.46. The lowest BCUT2D eigenvalue weighted by Crippen LogP contribution is -2.32. The van der Waals surface area contributed by atoms with E-state index in [0.29, 0.717) is 6.42 Å². The molecule has 1 aliphatic heterocycles. The molecule has 1 amide bonds. The Morgan fingerprint density at radius 2 is 1.84 bits per heavy atom. The summed E-state index contributed by atoms with van der Waals surface area (Å²) < 4.78 is 1.98. The van der Waals surface area contributed by atoms with E-state index in [1.54, 1.807) is 12.5 Å². The third kappa shape index (κ3) is 3.46. The topological polar surface area (TPSA) is 50.2 Å². The fourth-order valence-electron chi connectivity index (χ4n) is 3.16. The van der Waals surface area contributed by atoms with Crippen molar-refractivity contribution >= 4 is 11.6 Å². The number of rotatable bonds is 5. The van der Waals surface area contributed by atoms with Gasteiger partial charge in [0.1, 0.15) is 0 Å². The second-order valence-electron chi connectivity index (χ2n) is 6.26. The van der Waals surface area contributed by atoms with Crippen LogP contribution in [0.15, 0.2) is 73.3 Å². The molecule has 1 atom stereocenters. The van der Waals surface area contributed by atoms with Crippen molar-refractivity contribution in [3.05, 3.63) is 78.9 Å². The molecular weight excluding hydrogens is 312 g/mol. The van der Waals surface area contributed by atoms with Crippen LogP contribution in [0.25, 0.3) is 5.69 Å². The van der Waals surface area contributed by atoms with Crippen LogP contribution in [0.4, 0.5) is 5.69 Å². The standard InChI is InChI=1S/C20H20N4O/c25-20-12-17(14-24(20)19-4-2-1-3-5-19)22-13-16-6-8-18(9-7-16)23-11-10-21-15-23/h1-11,15,17,22H,12-14H2/t17-/m1/s1. The van der Waals surface area contributed by atoms with Crippen LogP contribution >= 0.6 is 0 Å². The zero-order chi connectivity index (χ0) is 17.1. The predicted octanol–water partition coefficient (Wildman–Crippen LogP) is 2.77. The van der Waals surface area contributed by atoms with E-state index >= 15 is 0 Å². The lowest BCUT2D eigenvalue weighted by Gasteiger charge is -2.17. The van der Waals surface area contributed by atoms with E-state index in [9.17, 15) is 4.79 Å². The molecule has 5 heteroatoms. The minimum absolute atomic E-state index is 0.180. The minimum atomic E-state index is 0.180. The zero-order valence-corrected chi connectivity index (χ0v) is 13.9. The number of amides is 1. The van der Waals surface area contributed by atoms with Crippen LogP contribution in [0.3, 0.4) is 0 Å². The van der Waals surface area contributed by atoms with Gasteiger partial charge in [0.15, 0.2) is 0 Å². The zero-order valence-electron chi connectivity index (χ0n) is 13.9. The number of para-hydroxylation sites is 1. The van der Waals surface area contributed by atoms with Crippen LogP contribution in [-0.2, 0) is 11.3 Å². The summed E-state index contributed by atoms with van der Waals surface area (Å²) in [6, 6.07) is 18.4. The molecular formula is C20H20N4O. The maximum Gasteiger partial charge on any atom is 0.228 e. The molecule has 25 heavy (non-hydrogen) atoms. The quantitative estimate of drug-likeness (QED) is 0.782. The first-order valence-corrected chi connectivity index (χ1v) is 8.46. The fourth-order valence-corrected chi connectivity index (χ4v) is 3.16. The third-order valence-electron chi connectivity index (χ3n) is 4.53. The molecule has 1 N–H and O–H groups in total. The highest BCUT2D eigenvalue weighted by Crippen LogP contribution is 2.21. The highest BCUT2D eigenvalue weighted by molar-refractivity contribution is 5.96. The van der Waals surface area contributed by atoms with Crippen LogP contribution in [0, 0.1) is 0 Å². The van der Waals surface area contributed by atoms with Crippen molar-refractivity contribution in [2.45, 2.75) is 19.0 Å². The van der Waals surface area contributed by atoms with E-state index in [1.165, 1.54) is 5.56 Å². The second kappa shape index (κ2) is 6.91. The van der Waals surface area contributed by atoms with Gasteiger partial charge in [-0.3, -0.25) is 4.79 Å². The van der Waals surface area contributed by atoms with Gasteiger partial charge in [-0.2, -0.15) is 0 Å². The summed E-state index contributed by atoms with van der Waals surface area (Å²) in [6.07, 6.45) is 6.03. The van der Waals surface area contributed by atoms with E-state index in [1.807, 2.05) is 46.0 Å². The molecule has 1 aromatic heterocycles. The summed E-state index contributed by atoms with van der Waals surface area (Å²) in [7, 11) is 0. The average Bonchev–Trinajstić information content (AvgIpc) is 3.31. The molecule has 1 aliphatic rings. The SMILES string of the molecule is O=C1C[C@@H](NCc2ccc(-n3ccnc3)cc2)CN1c1ccccc1. The van der Waals surface area contributed by atoms with Crippen molar-refractivity contribution < 1.29 is 4.79 Å². The summed E-state index contributed by atoms with van der Waals surface area (Å²) in [4.78, 5) is 18.2. The predicted molar refractivity (Wildman–Crippen MR) is 97.6 cm³/mol. The van der Waals surface area contributed by atoms with Crippen LogP contribution < -0.4 is 10.2 Å². The van der Waals surface area contributed by atoms with E-state index in [2.05, 4.69) is 34.6 Å². The van der Waals surface area contributed by atoms with Gasteiger partial charge >= 0.3 is 0 Å². The second-order valence-corrected chi connectivity index (χ2v) is 6.26. The highest BCUT2D eigenvalue weighted by atomic mass is 16.2. The summed E-state index contributed by atoms with van der Waals surface area (Å²) in [5, 5.41) is 3.50. The Bertz CT molecular complexity index is 828. The molecule has 0 unspecified atom stereocenters. The fraction of sp³-hybridized carbons (Fsp3) is 0.200. The summed E-state index contributed by atoms with van der Waals surface area (Å²) >= 11 is 0. The number of nitrogens with one attached hydrogen (secondary N) is 1. The number of carbonyl (C=O) groups is 1. The Kier molecular flexibility index (Phi) is 4.31. The highest BCUT2D eigenvalue weighted by Gasteiger charge is 2.29. The normalized spacial score (nSPS) is 17.2. The van der Waals surface area contributed by atoms with Gasteiger partial charge < -0.3 is 14.8 Å². The molecule has 1 fully saturated rings. The first-order chi connectivity index (χ1) is 12.3. The lowest BCUT2D eigenvalue weighted by molar-refractivity contribution is -0.117. The van der Waals surface area contributed by atoms with Crippen LogP contribution in [0.2, 0.25) is 0 Å². The Morgan fingerprint density at radius 3 is 2.56 bits per heavy atom. The van der Waals surface area contributed by atoms with Gasteiger partial charge in [0.25, 0.3) is 0 Å². The van der Waals surface area contributed by atoms with Crippen molar-refractivity contribution in [2.75, 3.05) is 11.4 Å². The number of nitrogens with zero attached hydrogens (tertiary/aromatic N) is 3. The van der Waals surface area contributed by atoms with E-state index in [-0.39, 0.29) is 11.9 Å². The smallest absolute Gasteiger partial charge is 0.228 e. The van der Waals surface area contributed by atoms with Crippen molar-refractivity contribution in [1.82, 2.24) is 14.9 Å². The Balaban J connectivity index is 1.35. The van der Waals surface area contributed by atoms with Gasteiger partial charge in [-0.05, 0) is 29.8 Å². The lowest BCUT2D eigenvalue weighted by atomic mass is 10.2. The summed E-state index contributed by atoms with van der Waals surface area (Å²) in [6.45, 7) is 1.47. The van der Waals surface area contributed by atoms with E-state index < -0.39 is 0 Å². The van der Waals surface area contributed by atoms with Crippen molar-refractivity contribution in [1.29, 1.82) is 0 Å². The summed E-state index contributed by atoms with van der Waals surface area (Å²) in [5.41, 5.74) is 3.27. The van der Waals surface area contributed by atoms with Gasteiger partial charge in [0.2, 0.25) is 5.91 Å². The Morgan fingerprint density at radius 1 is 1.04 bits per heavy atom. The molecule has 0 spiro atoms. The van der Waals surface area contributed by atoms with E-state index in [4.69, 9.17) is 0 Å². The van der Waals surface area contributed by atoms with Gasteiger partial charge in [-0.15, -0.1) is 0 Å². The third-order valence-corrected chi connectivity index (χ3v) is 4.53. The molecule has 0 bridgehead atoms. The average molecular weight is 332 g/mol. The molecule has 0 saturated carbocycles. The van der Waals surface area contributed by atoms with Crippen molar-refractivity contribution in [2.24, 2.45) is 0 Å². The first kappa shape index (κ1) is 15.6. The van der Waals surface area contributed by atoms with E-state index in [0.717, 1.165) is 24.5 Å². The molecule has 3 aromatic rings. The number of benzene rings is 2. The number of hydrogen-bond acceptors (Lipinski definition) is 3. The van der Waals surface area contributed by atoms with Gasteiger partial charge in [0.05, 0.1) is 6.33 Å². The maximum absolute atomic E-state index is 12.2. The Hall–Kier alpha value is -2.92. The monoisotopic (exact) mass is 332 g/mol. The molecule has 126 valence electrons. The van der Waals surface area contributed by atoms with Gasteiger partial charge in [-0.1, -0.05) is 30.3 Å². The number of imidazole rings is 1. The molecule has 2 aromatic carbocycles. The molecule has 2 heterocycles. The molecule has 4 rings (SSSR count). The minimum Gasteiger partial charge on any atom is -0.311 e. The number of anilines is 1. The van der Waals surface area contributed by atoms with Crippen LogP contribution in [0.5, 0.6) is 0 Å². The van der Waals surface area contributed by atoms with Crippen molar-refractivity contribution in [3.63, 3.8) is 0 Å². The number of aromatic nitrogens is 2. The van der Waals surface area contributed by atoms with Crippen LogP contribution in [-0.4, -0.2) is 28.0 Å². The Labute approximate surface area is 146 Å². The molecule has 5 nitrogen and oxygen atoms in total. The molecule has 1 saturated heterocycles. The van der Waals surface area contributed by atoms with Crippen molar-refractivity contribution in [3.8, 4) is 5.69 Å².